The molecule has 0 spiro atoms. The van der Waals surface area contributed by atoms with Gasteiger partial charge in [-0.2, -0.15) is 0 Å². The van der Waals surface area contributed by atoms with Crippen molar-refractivity contribution >= 4 is 11.9 Å². The number of carbonyl (C=O) groups excluding carboxylic acids is 2. The largest absolute Gasteiger partial charge is 0.463 e. The highest BCUT2D eigenvalue weighted by Gasteiger charge is 2.47. The number of ether oxygens (including phenoxy) is 2. The minimum Gasteiger partial charge on any atom is -0.463 e. The first-order valence-electron chi connectivity index (χ1n) is 5.56. The summed E-state index contributed by atoms with van der Waals surface area (Å²) in [6.45, 7) is 7.40. The molecule has 0 aliphatic carbocycles. The molecule has 90 valence electrons. The molecule has 1 fully saturated rings. The van der Waals surface area contributed by atoms with Crippen LogP contribution in [0.3, 0.4) is 0 Å². The Morgan fingerprint density at radius 2 is 2.44 bits per heavy atom. The Kier molecular flexibility index (Phi) is 4.10. The molecule has 4 heteroatoms. The van der Waals surface area contributed by atoms with Crippen LogP contribution in [0.15, 0.2) is 12.7 Å². The van der Waals surface area contributed by atoms with E-state index in [1.807, 2.05) is 0 Å². The van der Waals surface area contributed by atoms with Crippen LogP contribution in [0.2, 0.25) is 0 Å². The van der Waals surface area contributed by atoms with Gasteiger partial charge in [0.2, 0.25) is 5.60 Å². The minimum atomic E-state index is -1.14. The standard InChI is InChI=1S/C12H18O4/c1-4-7-12(11(14)15-5-2)8-6-9(3)10(13)16-12/h4,9H,1,5-8H2,2-3H3. The Balaban J connectivity index is 2.84. The Bertz CT molecular complexity index is 297. The molecule has 0 bridgehead atoms. The van der Waals surface area contributed by atoms with E-state index in [0.29, 0.717) is 19.3 Å². The fourth-order valence-electron chi connectivity index (χ4n) is 1.78. The van der Waals surface area contributed by atoms with Crippen molar-refractivity contribution in [3.63, 3.8) is 0 Å². The predicted molar refractivity (Wildman–Crippen MR) is 58.7 cm³/mol. The molecule has 1 rings (SSSR count). The maximum absolute atomic E-state index is 11.8. The van der Waals surface area contributed by atoms with E-state index in [4.69, 9.17) is 9.47 Å². The van der Waals surface area contributed by atoms with Gasteiger partial charge in [-0.25, -0.2) is 4.79 Å². The molecule has 0 N–H and O–H groups in total. The molecule has 0 aromatic heterocycles. The van der Waals surface area contributed by atoms with Gasteiger partial charge in [0, 0.05) is 6.42 Å². The second kappa shape index (κ2) is 5.14. The summed E-state index contributed by atoms with van der Waals surface area (Å²) < 4.78 is 10.2. The molecule has 0 aromatic rings. The predicted octanol–water partition coefficient (Wildman–Crippen LogP) is 1.84. The van der Waals surface area contributed by atoms with Crippen molar-refractivity contribution in [1.29, 1.82) is 0 Å². The zero-order valence-corrected chi connectivity index (χ0v) is 9.82. The van der Waals surface area contributed by atoms with E-state index in [1.54, 1.807) is 19.9 Å². The molecular formula is C12H18O4. The van der Waals surface area contributed by atoms with Gasteiger partial charge >= 0.3 is 11.9 Å². The van der Waals surface area contributed by atoms with E-state index in [0.717, 1.165) is 0 Å². The van der Waals surface area contributed by atoms with E-state index < -0.39 is 11.6 Å². The van der Waals surface area contributed by atoms with Gasteiger partial charge in [0.15, 0.2) is 0 Å². The normalized spacial score (nSPS) is 29.4. The summed E-state index contributed by atoms with van der Waals surface area (Å²) in [6, 6.07) is 0. The van der Waals surface area contributed by atoms with Gasteiger partial charge in [-0.1, -0.05) is 13.0 Å². The zero-order chi connectivity index (χ0) is 12.2. The molecular weight excluding hydrogens is 208 g/mol. The van der Waals surface area contributed by atoms with E-state index in [1.165, 1.54) is 0 Å². The fourth-order valence-corrected chi connectivity index (χ4v) is 1.78. The lowest BCUT2D eigenvalue weighted by molar-refractivity contribution is -0.192. The maximum atomic E-state index is 11.8. The van der Waals surface area contributed by atoms with Crippen molar-refractivity contribution in [3.8, 4) is 0 Å². The van der Waals surface area contributed by atoms with Crippen LogP contribution in [0.5, 0.6) is 0 Å². The highest BCUT2D eigenvalue weighted by atomic mass is 16.6. The van der Waals surface area contributed by atoms with Crippen LogP contribution in [0.1, 0.15) is 33.1 Å². The maximum Gasteiger partial charge on any atom is 0.350 e. The third-order valence-electron chi connectivity index (χ3n) is 2.80. The van der Waals surface area contributed by atoms with Gasteiger partial charge in [0.05, 0.1) is 12.5 Å². The van der Waals surface area contributed by atoms with Crippen molar-refractivity contribution in [2.75, 3.05) is 6.61 Å². The van der Waals surface area contributed by atoms with Crippen molar-refractivity contribution in [1.82, 2.24) is 0 Å². The quantitative estimate of drug-likeness (QED) is 0.542. The molecule has 1 aliphatic rings. The van der Waals surface area contributed by atoms with Crippen molar-refractivity contribution in [3.05, 3.63) is 12.7 Å². The average Bonchev–Trinajstić information content (AvgIpc) is 2.24. The van der Waals surface area contributed by atoms with Crippen LogP contribution in [-0.2, 0) is 19.1 Å². The van der Waals surface area contributed by atoms with Gasteiger partial charge in [-0.3, -0.25) is 4.79 Å². The first-order valence-corrected chi connectivity index (χ1v) is 5.56. The fraction of sp³-hybridized carbons (Fsp3) is 0.667. The summed E-state index contributed by atoms with van der Waals surface area (Å²) in [7, 11) is 0. The van der Waals surface area contributed by atoms with Crippen LogP contribution >= 0.6 is 0 Å². The number of esters is 2. The van der Waals surface area contributed by atoms with Gasteiger partial charge < -0.3 is 9.47 Å². The summed E-state index contributed by atoms with van der Waals surface area (Å²) in [5, 5.41) is 0. The van der Waals surface area contributed by atoms with Crippen LogP contribution in [0.4, 0.5) is 0 Å². The second-order valence-electron chi connectivity index (χ2n) is 4.07. The number of cyclic esters (lactones) is 1. The topological polar surface area (TPSA) is 52.6 Å². The second-order valence-corrected chi connectivity index (χ2v) is 4.07. The lowest BCUT2D eigenvalue weighted by Crippen LogP contribution is -2.48. The van der Waals surface area contributed by atoms with E-state index >= 15 is 0 Å². The van der Waals surface area contributed by atoms with Crippen molar-refractivity contribution < 1.29 is 19.1 Å². The number of rotatable bonds is 4. The van der Waals surface area contributed by atoms with E-state index in [9.17, 15) is 9.59 Å². The smallest absolute Gasteiger partial charge is 0.350 e. The third kappa shape index (κ3) is 2.43. The molecule has 0 saturated carbocycles. The van der Waals surface area contributed by atoms with Crippen molar-refractivity contribution in [2.24, 2.45) is 5.92 Å². The highest BCUT2D eigenvalue weighted by Crippen LogP contribution is 2.33. The number of hydrogen-bond acceptors (Lipinski definition) is 4. The van der Waals surface area contributed by atoms with E-state index in [2.05, 4.69) is 6.58 Å². The van der Waals surface area contributed by atoms with Gasteiger partial charge in [0.1, 0.15) is 0 Å². The summed E-state index contributed by atoms with van der Waals surface area (Å²) in [4.78, 5) is 23.3. The van der Waals surface area contributed by atoms with Crippen LogP contribution in [0.25, 0.3) is 0 Å². The van der Waals surface area contributed by atoms with Crippen molar-refractivity contribution in [2.45, 2.75) is 38.7 Å². The lowest BCUT2D eigenvalue weighted by Gasteiger charge is -2.35. The van der Waals surface area contributed by atoms with Gasteiger partial charge in [-0.05, 0) is 19.8 Å². The Labute approximate surface area is 95.6 Å². The molecule has 16 heavy (non-hydrogen) atoms. The SMILES string of the molecule is C=CCC1(C(=O)OCC)CCC(C)C(=O)O1. The Morgan fingerprint density at radius 3 is 2.94 bits per heavy atom. The monoisotopic (exact) mass is 226 g/mol. The number of carbonyl (C=O) groups is 2. The molecule has 2 atom stereocenters. The summed E-state index contributed by atoms with van der Waals surface area (Å²) in [6.07, 6.45) is 3.04. The molecule has 1 aliphatic heterocycles. The molecule has 2 unspecified atom stereocenters. The summed E-state index contributed by atoms with van der Waals surface area (Å²) in [5.41, 5.74) is -1.14. The molecule has 0 amide bonds. The molecule has 1 heterocycles. The summed E-state index contributed by atoms with van der Waals surface area (Å²) in [5.74, 6) is -0.941. The third-order valence-corrected chi connectivity index (χ3v) is 2.80. The molecule has 0 radical (unpaired) electrons. The molecule has 1 saturated heterocycles. The van der Waals surface area contributed by atoms with Crippen LogP contribution in [0, 0.1) is 5.92 Å². The summed E-state index contributed by atoms with van der Waals surface area (Å²) >= 11 is 0. The van der Waals surface area contributed by atoms with Crippen LogP contribution in [-0.4, -0.2) is 24.1 Å². The molecule has 0 aromatic carbocycles. The van der Waals surface area contributed by atoms with Gasteiger partial charge in [-0.15, -0.1) is 6.58 Å². The Hall–Kier alpha value is -1.32. The van der Waals surface area contributed by atoms with Gasteiger partial charge in [0.25, 0.3) is 0 Å². The molecule has 4 nitrogen and oxygen atoms in total. The lowest BCUT2D eigenvalue weighted by atomic mass is 9.86. The Morgan fingerprint density at radius 1 is 1.75 bits per heavy atom. The highest BCUT2D eigenvalue weighted by molar-refractivity contribution is 5.85. The van der Waals surface area contributed by atoms with E-state index in [-0.39, 0.29) is 18.5 Å². The van der Waals surface area contributed by atoms with Crippen LogP contribution < -0.4 is 0 Å². The zero-order valence-electron chi connectivity index (χ0n) is 9.82. The first kappa shape index (κ1) is 12.7. The first-order chi connectivity index (χ1) is 7.55. The average molecular weight is 226 g/mol. The minimum absolute atomic E-state index is 0.146. The number of hydrogen-bond donors (Lipinski definition) is 0.